The van der Waals surface area contributed by atoms with Crippen LogP contribution in [0.2, 0.25) is 0 Å². The number of halogens is 1. The lowest BCUT2D eigenvalue weighted by Crippen LogP contribution is -1.91. The zero-order valence-corrected chi connectivity index (χ0v) is 13.9. The Labute approximate surface area is 134 Å². The van der Waals surface area contributed by atoms with Crippen molar-refractivity contribution < 1.29 is 4.39 Å². The summed E-state index contributed by atoms with van der Waals surface area (Å²) in [5, 5.41) is 0. The van der Waals surface area contributed by atoms with Gasteiger partial charge in [-0.15, -0.1) is 0 Å². The SMILES string of the molecule is CCCCCc1ccc(-c2ccc(CCCC)cc2F)cc1. The lowest BCUT2D eigenvalue weighted by molar-refractivity contribution is 0.627. The van der Waals surface area contributed by atoms with Gasteiger partial charge < -0.3 is 0 Å². The molecule has 0 spiro atoms. The summed E-state index contributed by atoms with van der Waals surface area (Å²) >= 11 is 0. The van der Waals surface area contributed by atoms with E-state index in [2.05, 4.69) is 32.0 Å². The van der Waals surface area contributed by atoms with E-state index in [9.17, 15) is 4.39 Å². The maximum absolute atomic E-state index is 14.3. The highest BCUT2D eigenvalue weighted by atomic mass is 19.1. The Morgan fingerprint density at radius 1 is 0.727 bits per heavy atom. The molecule has 0 saturated carbocycles. The van der Waals surface area contributed by atoms with E-state index >= 15 is 0 Å². The summed E-state index contributed by atoms with van der Waals surface area (Å²) in [4.78, 5) is 0. The van der Waals surface area contributed by atoms with Crippen LogP contribution in [-0.4, -0.2) is 0 Å². The van der Waals surface area contributed by atoms with Crippen LogP contribution in [0, 0.1) is 5.82 Å². The van der Waals surface area contributed by atoms with Crippen molar-refractivity contribution in [3.05, 3.63) is 59.4 Å². The van der Waals surface area contributed by atoms with Crippen LogP contribution >= 0.6 is 0 Å². The quantitative estimate of drug-likeness (QED) is 0.484. The topological polar surface area (TPSA) is 0 Å². The molecule has 0 saturated heterocycles. The van der Waals surface area contributed by atoms with E-state index in [0.29, 0.717) is 5.56 Å². The molecular formula is C21H27F. The van der Waals surface area contributed by atoms with E-state index in [0.717, 1.165) is 36.8 Å². The van der Waals surface area contributed by atoms with Crippen molar-refractivity contribution in [1.82, 2.24) is 0 Å². The fourth-order valence-corrected chi connectivity index (χ4v) is 2.76. The summed E-state index contributed by atoms with van der Waals surface area (Å²) in [6.07, 6.45) is 8.09. The van der Waals surface area contributed by atoms with Gasteiger partial charge in [0.2, 0.25) is 0 Å². The minimum Gasteiger partial charge on any atom is -0.206 e. The van der Waals surface area contributed by atoms with Crippen molar-refractivity contribution >= 4 is 0 Å². The molecule has 0 aliphatic carbocycles. The summed E-state index contributed by atoms with van der Waals surface area (Å²) < 4.78 is 14.3. The van der Waals surface area contributed by atoms with Crippen molar-refractivity contribution in [2.75, 3.05) is 0 Å². The minimum absolute atomic E-state index is 0.104. The molecule has 0 radical (unpaired) electrons. The number of hydrogen-bond acceptors (Lipinski definition) is 0. The molecule has 0 heterocycles. The third-order valence-corrected chi connectivity index (χ3v) is 4.19. The van der Waals surface area contributed by atoms with Crippen LogP contribution in [0.25, 0.3) is 11.1 Å². The fourth-order valence-electron chi connectivity index (χ4n) is 2.76. The van der Waals surface area contributed by atoms with E-state index in [1.165, 1.54) is 24.8 Å². The van der Waals surface area contributed by atoms with Gasteiger partial charge in [-0.25, -0.2) is 4.39 Å². The predicted octanol–water partition coefficient (Wildman–Crippen LogP) is 6.57. The standard InChI is InChI=1S/C21H27F/c1-3-5-7-9-17-10-13-19(14-11-17)20-15-12-18(8-6-4-2)16-21(20)22/h10-16H,3-9H2,1-2H3. The first kappa shape index (κ1) is 16.7. The first-order valence-electron chi connectivity index (χ1n) is 8.62. The number of rotatable bonds is 8. The highest BCUT2D eigenvalue weighted by Gasteiger charge is 2.06. The second-order valence-corrected chi connectivity index (χ2v) is 6.07. The van der Waals surface area contributed by atoms with Crippen molar-refractivity contribution in [1.29, 1.82) is 0 Å². The Bertz CT molecular complexity index is 569. The van der Waals surface area contributed by atoms with Gasteiger partial charge >= 0.3 is 0 Å². The average molecular weight is 298 g/mol. The zero-order chi connectivity index (χ0) is 15.8. The van der Waals surface area contributed by atoms with Crippen LogP contribution in [-0.2, 0) is 12.8 Å². The highest BCUT2D eigenvalue weighted by Crippen LogP contribution is 2.25. The van der Waals surface area contributed by atoms with Crippen LogP contribution in [0.5, 0.6) is 0 Å². The molecule has 0 unspecified atom stereocenters. The lowest BCUT2D eigenvalue weighted by Gasteiger charge is -2.08. The smallest absolute Gasteiger partial charge is 0.131 e. The molecule has 0 amide bonds. The summed E-state index contributed by atoms with van der Waals surface area (Å²) in [5.74, 6) is -0.104. The van der Waals surface area contributed by atoms with E-state index in [1.54, 1.807) is 6.07 Å². The molecule has 0 N–H and O–H groups in total. The Morgan fingerprint density at radius 2 is 1.36 bits per heavy atom. The second kappa shape index (κ2) is 8.73. The van der Waals surface area contributed by atoms with Gasteiger partial charge in [-0.1, -0.05) is 69.5 Å². The summed E-state index contributed by atoms with van der Waals surface area (Å²) in [7, 11) is 0. The Kier molecular flexibility index (Phi) is 6.64. The molecule has 0 atom stereocenters. The number of aryl methyl sites for hydroxylation is 2. The molecule has 0 aliphatic heterocycles. The molecule has 0 bridgehead atoms. The highest BCUT2D eigenvalue weighted by molar-refractivity contribution is 5.64. The minimum atomic E-state index is -0.104. The molecule has 0 aliphatic rings. The van der Waals surface area contributed by atoms with Crippen molar-refractivity contribution in [3.8, 4) is 11.1 Å². The third-order valence-electron chi connectivity index (χ3n) is 4.19. The van der Waals surface area contributed by atoms with Gasteiger partial charge in [0.25, 0.3) is 0 Å². The molecule has 2 aromatic rings. The maximum atomic E-state index is 14.3. The van der Waals surface area contributed by atoms with Crippen LogP contribution in [0.4, 0.5) is 4.39 Å². The van der Waals surface area contributed by atoms with Gasteiger partial charge in [-0.05, 0) is 48.4 Å². The molecule has 118 valence electrons. The normalized spacial score (nSPS) is 10.9. The van der Waals surface area contributed by atoms with E-state index in [1.807, 2.05) is 18.2 Å². The van der Waals surface area contributed by atoms with E-state index in [4.69, 9.17) is 0 Å². The summed E-state index contributed by atoms with van der Waals surface area (Å²) in [5.41, 5.74) is 4.12. The average Bonchev–Trinajstić information content (AvgIpc) is 2.54. The Hall–Kier alpha value is -1.63. The molecule has 1 heteroatoms. The fraction of sp³-hybridized carbons (Fsp3) is 0.429. The zero-order valence-electron chi connectivity index (χ0n) is 13.9. The second-order valence-electron chi connectivity index (χ2n) is 6.07. The third kappa shape index (κ3) is 4.69. The molecule has 2 rings (SSSR count). The number of hydrogen-bond donors (Lipinski definition) is 0. The van der Waals surface area contributed by atoms with E-state index in [-0.39, 0.29) is 5.82 Å². The summed E-state index contributed by atoms with van der Waals surface area (Å²) in [6, 6.07) is 14.0. The molecule has 0 nitrogen and oxygen atoms in total. The van der Waals surface area contributed by atoms with Crippen molar-refractivity contribution in [2.45, 2.75) is 58.8 Å². The van der Waals surface area contributed by atoms with Crippen LogP contribution in [0.15, 0.2) is 42.5 Å². The van der Waals surface area contributed by atoms with Gasteiger partial charge in [0, 0.05) is 5.56 Å². The summed E-state index contributed by atoms with van der Waals surface area (Å²) in [6.45, 7) is 4.38. The molecule has 0 aromatic heterocycles. The monoisotopic (exact) mass is 298 g/mol. The number of unbranched alkanes of at least 4 members (excludes halogenated alkanes) is 3. The Morgan fingerprint density at radius 3 is 2.00 bits per heavy atom. The molecule has 22 heavy (non-hydrogen) atoms. The predicted molar refractivity (Wildman–Crippen MR) is 93.7 cm³/mol. The van der Waals surface area contributed by atoms with Gasteiger partial charge in [0.1, 0.15) is 5.82 Å². The first-order valence-corrected chi connectivity index (χ1v) is 8.62. The Balaban J connectivity index is 2.07. The van der Waals surface area contributed by atoms with Gasteiger partial charge in [-0.3, -0.25) is 0 Å². The van der Waals surface area contributed by atoms with Gasteiger partial charge in [0.05, 0.1) is 0 Å². The van der Waals surface area contributed by atoms with Crippen LogP contribution < -0.4 is 0 Å². The van der Waals surface area contributed by atoms with E-state index < -0.39 is 0 Å². The molecule has 2 aromatic carbocycles. The largest absolute Gasteiger partial charge is 0.206 e. The van der Waals surface area contributed by atoms with Gasteiger partial charge in [-0.2, -0.15) is 0 Å². The first-order chi connectivity index (χ1) is 10.7. The van der Waals surface area contributed by atoms with Crippen molar-refractivity contribution in [3.63, 3.8) is 0 Å². The van der Waals surface area contributed by atoms with Crippen LogP contribution in [0.1, 0.15) is 57.1 Å². The molecular weight excluding hydrogens is 271 g/mol. The maximum Gasteiger partial charge on any atom is 0.131 e. The lowest BCUT2D eigenvalue weighted by atomic mass is 9.99. The van der Waals surface area contributed by atoms with Crippen LogP contribution in [0.3, 0.4) is 0 Å². The van der Waals surface area contributed by atoms with Crippen molar-refractivity contribution in [2.24, 2.45) is 0 Å². The van der Waals surface area contributed by atoms with Gasteiger partial charge in [0.15, 0.2) is 0 Å². The number of benzene rings is 2. The molecule has 0 fully saturated rings.